The van der Waals surface area contributed by atoms with Crippen LogP contribution in [-0.2, 0) is 35.8 Å². The van der Waals surface area contributed by atoms with E-state index in [-0.39, 0.29) is 53.1 Å². The number of fused-ring (bicyclic) bond motifs is 1. The Morgan fingerprint density at radius 1 is 1.11 bits per heavy atom. The van der Waals surface area contributed by atoms with Gasteiger partial charge in [0, 0.05) is 22.8 Å². The molecule has 1 aromatic carbocycles. The van der Waals surface area contributed by atoms with Gasteiger partial charge in [0.2, 0.25) is 10.0 Å². The van der Waals surface area contributed by atoms with Crippen LogP contribution in [0.15, 0.2) is 16.6 Å². The van der Waals surface area contributed by atoms with Gasteiger partial charge in [-0.1, -0.05) is 0 Å². The molecule has 200 valence electrons. The molecule has 1 heterocycles. The fraction of sp³-hybridized carbons (Fsp3) is 0.579. The zero-order valence-electron chi connectivity index (χ0n) is 18.9. The maximum Gasteiger partial charge on any atom is 0.405 e. The van der Waals surface area contributed by atoms with Gasteiger partial charge in [-0.3, -0.25) is 4.57 Å². The van der Waals surface area contributed by atoms with Crippen molar-refractivity contribution in [2.75, 3.05) is 26.1 Å². The fourth-order valence-corrected chi connectivity index (χ4v) is 7.38. The monoisotopic (exact) mass is 631 g/mol. The molecule has 2 rings (SSSR count). The lowest BCUT2D eigenvalue weighted by molar-refractivity contribution is -0.136. The molecule has 0 bridgehead atoms. The van der Waals surface area contributed by atoms with Gasteiger partial charge in [0.15, 0.2) is 0 Å². The van der Waals surface area contributed by atoms with E-state index in [1.54, 1.807) is 0 Å². The average molecular weight is 632 g/mol. The van der Waals surface area contributed by atoms with Crippen LogP contribution in [0.3, 0.4) is 0 Å². The van der Waals surface area contributed by atoms with E-state index in [2.05, 4.69) is 20.7 Å². The lowest BCUT2D eigenvalue weighted by Crippen LogP contribution is -2.21. The topological polar surface area (TPSA) is 90.9 Å². The molecule has 0 aliphatic heterocycles. The molecule has 1 aromatic heterocycles. The van der Waals surface area contributed by atoms with Gasteiger partial charge in [-0.15, -0.1) is 11.3 Å². The number of halogens is 6. The van der Waals surface area contributed by atoms with Crippen LogP contribution < -0.4 is 9.46 Å². The molecule has 0 unspecified atom stereocenters. The maximum absolute atomic E-state index is 15.5. The first kappa shape index (κ1) is 30.4. The van der Waals surface area contributed by atoms with E-state index >= 15 is 8.78 Å². The van der Waals surface area contributed by atoms with Gasteiger partial charge >= 0.3 is 19.4 Å². The lowest BCUT2D eigenvalue weighted by atomic mass is 10.1. The number of hydrogen-bond donors (Lipinski definition) is 1. The lowest BCUT2D eigenvalue weighted by Gasteiger charge is -2.25. The van der Waals surface area contributed by atoms with Gasteiger partial charge < -0.3 is 13.8 Å². The van der Waals surface area contributed by atoms with E-state index in [4.69, 9.17) is 13.8 Å². The number of sulfonamides is 1. The third-order valence-corrected chi connectivity index (χ3v) is 9.67. The van der Waals surface area contributed by atoms with Crippen molar-refractivity contribution >= 4 is 55.0 Å². The summed E-state index contributed by atoms with van der Waals surface area (Å²) in [6.07, 6.45) is -4.94. The summed E-state index contributed by atoms with van der Waals surface area (Å²) in [4.78, 5) is -0.689. The first-order valence-electron chi connectivity index (χ1n) is 10.2. The molecule has 0 aliphatic rings. The fourth-order valence-electron chi connectivity index (χ4n) is 2.93. The Hall–Kier alpha value is -0.830. The van der Waals surface area contributed by atoms with Crippen LogP contribution in [0.4, 0.5) is 22.0 Å². The van der Waals surface area contributed by atoms with Crippen molar-refractivity contribution in [3.63, 3.8) is 0 Å². The average Bonchev–Trinajstić information content (AvgIpc) is 3.06. The summed E-state index contributed by atoms with van der Waals surface area (Å²) in [7, 11) is -8.54. The van der Waals surface area contributed by atoms with Crippen LogP contribution in [0, 0.1) is 0 Å². The molecule has 35 heavy (non-hydrogen) atoms. The summed E-state index contributed by atoms with van der Waals surface area (Å²) in [6.45, 7) is 1.58. The van der Waals surface area contributed by atoms with Gasteiger partial charge in [0.1, 0.15) is 10.6 Å². The number of thiophene rings is 1. The number of nitrogens with one attached hydrogen (secondary N) is 1. The van der Waals surface area contributed by atoms with Gasteiger partial charge in [-0.2, -0.15) is 22.0 Å². The highest BCUT2D eigenvalue weighted by molar-refractivity contribution is 9.10. The molecular weight excluding hydrogens is 608 g/mol. The number of benzene rings is 1. The molecule has 0 aliphatic carbocycles. The molecule has 16 heteroatoms. The minimum atomic E-state index is -4.94. The van der Waals surface area contributed by atoms with Gasteiger partial charge in [0.05, 0.1) is 30.8 Å². The number of ether oxygens (including phenoxy) is 1. The highest BCUT2D eigenvalue weighted by atomic mass is 79.9. The normalized spacial score (nSPS) is 13.5. The van der Waals surface area contributed by atoms with Crippen LogP contribution in [0.25, 0.3) is 10.1 Å². The van der Waals surface area contributed by atoms with Gasteiger partial charge in [0.25, 0.3) is 0 Å². The highest BCUT2D eigenvalue weighted by Gasteiger charge is 2.57. The molecule has 0 fully saturated rings. The van der Waals surface area contributed by atoms with Gasteiger partial charge in [-0.25, -0.2) is 13.1 Å². The summed E-state index contributed by atoms with van der Waals surface area (Å²) in [5.41, 5.74) is -3.76. The van der Waals surface area contributed by atoms with Crippen molar-refractivity contribution in [2.45, 2.75) is 45.1 Å². The third kappa shape index (κ3) is 7.83. The number of alkyl halides is 5. The van der Waals surface area contributed by atoms with Crippen molar-refractivity contribution < 1.29 is 48.7 Å². The third-order valence-electron chi connectivity index (χ3n) is 4.37. The summed E-state index contributed by atoms with van der Waals surface area (Å²) in [5, 5.41) is 0.169. The van der Waals surface area contributed by atoms with Crippen LogP contribution in [0.1, 0.15) is 37.1 Å². The molecule has 0 atom stereocenters. The van der Waals surface area contributed by atoms with Crippen molar-refractivity contribution in [2.24, 2.45) is 0 Å². The van der Waals surface area contributed by atoms with Crippen LogP contribution in [0.2, 0.25) is 0 Å². The Labute approximate surface area is 212 Å². The smallest absolute Gasteiger partial charge is 0.405 e. The quantitative estimate of drug-likeness (QED) is 0.149. The first-order chi connectivity index (χ1) is 16.0. The molecular formula is C19H24BrF5NO6PS2. The van der Waals surface area contributed by atoms with E-state index in [0.717, 1.165) is 6.26 Å². The zero-order valence-corrected chi connectivity index (χ0v) is 23.0. The molecule has 2 aromatic rings. The molecule has 0 saturated carbocycles. The summed E-state index contributed by atoms with van der Waals surface area (Å²) < 4.78 is 122. The van der Waals surface area contributed by atoms with E-state index in [1.165, 1.54) is 26.0 Å². The second-order valence-electron chi connectivity index (χ2n) is 7.25. The largest absolute Gasteiger partial charge is 0.492 e. The SMILES string of the molecule is CCOP(=O)(OCC)C(F)(F)c1sc2c(OCCCC(F)(F)F)cc(CNS(C)(=O)=O)cc2c1Br. The molecule has 0 radical (unpaired) electrons. The zero-order chi connectivity index (χ0) is 26.7. The van der Waals surface area contributed by atoms with Crippen LogP contribution in [-0.4, -0.2) is 40.7 Å². The minimum absolute atomic E-state index is 0.0228. The predicted octanol–water partition coefficient (Wildman–Crippen LogP) is 6.75. The van der Waals surface area contributed by atoms with E-state index in [0.29, 0.717) is 16.9 Å². The van der Waals surface area contributed by atoms with Crippen molar-refractivity contribution in [3.05, 3.63) is 27.0 Å². The minimum Gasteiger partial charge on any atom is -0.492 e. The Morgan fingerprint density at radius 3 is 2.23 bits per heavy atom. The second kappa shape index (κ2) is 11.7. The van der Waals surface area contributed by atoms with Crippen molar-refractivity contribution in [1.29, 1.82) is 0 Å². The molecule has 1 N–H and O–H groups in total. The molecule has 0 spiro atoms. The van der Waals surface area contributed by atoms with E-state index in [1.807, 2.05) is 0 Å². The van der Waals surface area contributed by atoms with Crippen molar-refractivity contribution in [3.8, 4) is 5.75 Å². The second-order valence-corrected chi connectivity index (χ2v) is 13.0. The molecule has 7 nitrogen and oxygen atoms in total. The summed E-state index contributed by atoms with van der Waals surface area (Å²) in [5.74, 6) is -0.0228. The standard InChI is InChI=1S/C19H24BrF5NO6PS2/c1-4-31-33(27,32-5-2)19(24,25)17-15(20)13-9-12(11-26-35(3,28)29)10-14(16(13)34-17)30-8-6-7-18(21,22)23/h9-10,26H,4-8,11H2,1-3H3. The Balaban J connectivity index is 2.58. The van der Waals surface area contributed by atoms with E-state index in [9.17, 15) is 26.2 Å². The Bertz CT molecular complexity index is 1180. The first-order valence-corrected chi connectivity index (χ1v) is 15.3. The van der Waals surface area contributed by atoms with Crippen molar-refractivity contribution in [1.82, 2.24) is 4.72 Å². The molecule has 0 saturated heterocycles. The number of hydrogen-bond acceptors (Lipinski definition) is 7. The summed E-state index contributed by atoms with van der Waals surface area (Å²) in [6, 6.07) is 2.77. The summed E-state index contributed by atoms with van der Waals surface area (Å²) >= 11 is 3.62. The maximum atomic E-state index is 15.5. The van der Waals surface area contributed by atoms with Crippen LogP contribution in [0.5, 0.6) is 5.75 Å². The Morgan fingerprint density at radius 2 is 1.71 bits per heavy atom. The number of rotatable bonds is 13. The van der Waals surface area contributed by atoms with E-state index < -0.39 is 40.8 Å². The van der Waals surface area contributed by atoms with Crippen LogP contribution >= 0.6 is 34.9 Å². The predicted molar refractivity (Wildman–Crippen MR) is 127 cm³/mol. The Kier molecular flexibility index (Phi) is 10.2. The molecule has 0 amide bonds. The van der Waals surface area contributed by atoms with Gasteiger partial charge in [-0.05, 0) is 53.9 Å². The highest BCUT2D eigenvalue weighted by Crippen LogP contribution is 2.69.